The quantitative estimate of drug-likeness (QED) is 0.911. The van der Waals surface area contributed by atoms with E-state index < -0.39 is 6.10 Å². The van der Waals surface area contributed by atoms with Crippen molar-refractivity contribution >= 4 is 11.8 Å². The molecule has 1 unspecified atom stereocenters. The maximum atomic E-state index is 10.6. The van der Waals surface area contributed by atoms with E-state index in [0.717, 1.165) is 11.3 Å². The third kappa shape index (κ3) is 3.20. The molecule has 1 N–H and O–H groups in total. The number of benzene rings is 1. The van der Waals surface area contributed by atoms with Crippen LogP contribution in [0.4, 0.5) is 0 Å². The van der Waals surface area contributed by atoms with Gasteiger partial charge in [-0.25, -0.2) is 4.68 Å². The molecule has 1 heterocycles. The van der Waals surface area contributed by atoms with Gasteiger partial charge in [-0.05, 0) is 35.1 Å². The van der Waals surface area contributed by atoms with Crippen LogP contribution >= 0.6 is 0 Å². The topological polar surface area (TPSA) is 38.0 Å². The molecule has 3 heteroatoms. The Morgan fingerprint density at radius 3 is 2.36 bits per heavy atom. The van der Waals surface area contributed by atoms with Crippen molar-refractivity contribution < 1.29 is 5.11 Å². The lowest BCUT2D eigenvalue weighted by Crippen LogP contribution is -2.11. The maximum Gasteiger partial charge on any atom is 0.121 e. The van der Waals surface area contributed by atoms with Crippen molar-refractivity contribution in [2.24, 2.45) is 0 Å². The molecule has 116 valence electrons. The fourth-order valence-corrected chi connectivity index (χ4v) is 2.41. The highest BCUT2D eigenvalue weighted by Gasteiger charge is 2.19. The van der Waals surface area contributed by atoms with Gasteiger partial charge in [-0.15, -0.1) is 0 Å². The zero-order valence-corrected chi connectivity index (χ0v) is 13.8. The molecule has 0 amide bonds. The summed E-state index contributed by atoms with van der Waals surface area (Å²) < 4.78 is 1.59. The molecule has 0 aliphatic rings. The lowest BCUT2D eigenvalue weighted by molar-refractivity contribution is 0.231. The predicted molar refractivity (Wildman–Crippen MR) is 92.5 cm³/mol. The van der Waals surface area contributed by atoms with Gasteiger partial charge in [0.05, 0.1) is 11.4 Å². The number of aryl methyl sites for hydroxylation is 1. The Bertz CT molecular complexity index is 687. The summed E-state index contributed by atoms with van der Waals surface area (Å²) >= 11 is 0. The Balaban J connectivity index is 2.29. The number of aliphatic hydroxyl groups is 1. The molecule has 22 heavy (non-hydrogen) atoms. The maximum absolute atomic E-state index is 10.6. The van der Waals surface area contributed by atoms with E-state index in [2.05, 4.69) is 51.2 Å². The van der Waals surface area contributed by atoms with E-state index in [1.54, 1.807) is 10.9 Å². The van der Waals surface area contributed by atoms with Crippen LogP contribution in [0.15, 0.2) is 43.5 Å². The van der Waals surface area contributed by atoms with Crippen molar-refractivity contribution in [3.63, 3.8) is 0 Å². The van der Waals surface area contributed by atoms with Crippen molar-refractivity contribution in [2.75, 3.05) is 0 Å². The van der Waals surface area contributed by atoms with Crippen LogP contribution in [-0.4, -0.2) is 14.9 Å². The summed E-state index contributed by atoms with van der Waals surface area (Å²) in [6, 6.07) is 10.0. The summed E-state index contributed by atoms with van der Waals surface area (Å²) in [7, 11) is 0. The van der Waals surface area contributed by atoms with Gasteiger partial charge in [0.2, 0.25) is 0 Å². The Kier molecular flexibility index (Phi) is 4.38. The summed E-state index contributed by atoms with van der Waals surface area (Å²) in [5.74, 6) is 0. The molecule has 3 nitrogen and oxygen atoms in total. The number of hydrogen-bond acceptors (Lipinski definition) is 2. The van der Waals surface area contributed by atoms with Crippen LogP contribution in [0.25, 0.3) is 11.8 Å². The largest absolute Gasteiger partial charge is 0.382 e. The van der Waals surface area contributed by atoms with E-state index in [1.165, 1.54) is 5.56 Å². The van der Waals surface area contributed by atoms with E-state index in [9.17, 15) is 5.11 Å². The summed E-state index contributed by atoms with van der Waals surface area (Å²) in [4.78, 5) is 0. The van der Waals surface area contributed by atoms with Crippen LogP contribution in [0.3, 0.4) is 0 Å². The molecule has 0 bridgehead atoms. The van der Waals surface area contributed by atoms with Crippen LogP contribution < -0.4 is 0 Å². The van der Waals surface area contributed by atoms with Gasteiger partial charge in [0.15, 0.2) is 0 Å². The van der Waals surface area contributed by atoms with Gasteiger partial charge < -0.3 is 5.11 Å². The van der Waals surface area contributed by atoms with Gasteiger partial charge in [0, 0.05) is 6.20 Å². The monoisotopic (exact) mass is 296 g/mol. The third-order valence-electron chi connectivity index (χ3n) is 3.79. The van der Waals surface area contributed by atoms with Crippen LogP contribution in [0.1, 0.15) is 49.4 Å². The average molecular weight is 296 g/mol. The molecule has 0 saturated heterocycles. The van der Waals surface area contributed by atoms with Gasteiger partial charge in [0.1, 0.15) is 6.10 Å². The molecule has 1 aromatic heterocycles. The predicted octanol–water partition coefficient (Wildman–Crippen LogP) is 4.34. The van der Waals surface area contributed by atoms with Crippen LogP contribution in [-0.2, 0) is 5.41 Å². The first kappa shape index (κ1) is 16.2. The Morgan fingerprint density at radius 1 is 1.27 bits per heavy atom. The van der Waals surface area contributed by atoms with Crippen molar-refractivity contribution in [1.82, 2.24) is 9.78 Å². The highest BCUT2D eigenvalue weighted by Crippen LogP contribution is 2.30. The number of aliphatic hydroxyl groups excluding tert-OH is 1. The standard InChI is InChI=1S/C19H24N2O/c1-7-21-17(12-13(2)20-21)18(22)14(3)15-8-10-16(11-9-15)19(4,5)6/h7-12,18,22H,1,3H2,2,4-6H3. The van der Waals surface area contributed by atoms with Crippen molar-refractivity contribution in [2.45, 2.75) is 39.2 Å². The van der Waals surface area contributed by atoms with Gasteiger partial charge in [-0.3, -0.25) is 0 Å². The van der Waals surface area contributed by atoms with E-state index in [-0.39, 0.29) is 5.41 Å². The highest BCUT2D eigenvalue weighted by molar-refractivity contribution is 5.68. The minimum absolute atomic E-state index is 0.108. The fraction of sp³-hybridized carbons (Fsp3) is 0.316. The van der Waals surface area contributed by atoms with E-state index in [1.807, 2.05) is 25.1 Å². The first-order chi connectivity index (χ1) is 10.2. The molecule has 0 saturated carbocycles. The van der Waals surface area contributed by atoms with Crippen LogP contribution in [0.5, 0.6) is 0 Å². The number of rotatable bonds is 4. The molecule has 0 spiro atoms. The molecular weight excluding hydrogens is 272 g/mol. The Labute approximate surface area is 132 Å². The molecule has 0 radical (unpaired) electrons. The highest BCUT2D eigenvalue weighted by atomic mass is 16.3. The minimum Gasteiger partial charge on any atom is -0.382 e. The lowest BCUT2D eigenvalue weighted by Gasteiger charge is -2.20. The number of hydrogen-bond donors (Lipinski definition) is 1. The number of nitrogens with zero attached hydrogens (tertiary/aromatic N) is 2. The summed E-state index contributed by atoms with van der Waals surface area (Å²) in [6.07, 6.45) is 0.779. The molecule has 1 aromatic carbocycles. The Hall–Kier alpha value is -2.13. The van der Waals surface area contributed by atoms with E-state index in [0.29, 0.717) is 11.3 Å². The molecule has 1 atom stereocenters. The Morgan fingerprint density at radius 2 is 1.86 bits per heavy atom. The summed E-state index contributed by atoms with van der Waals surface area (Å²) in [6.45, 7) is 16.2. The van der Waals surface area contributed by atoms with Crippen molar-refractivity contribution in [1.29, 1.82) is 0 Å². The van der Waals surface area contributed by atoms with Gasteiger partial charge in [-0.1, -0.05) is 58.2 Å². The molecule has 0 aliphatic carbocycles. The molecule has 2 rings (SSSR count). The summed E-state index contributed by atoms with van der Waals surface area (Å²) in [5.41, 5.74) is 4.46. The van der Waals surface area contributed by atoms with E-state index in [4.69, 9.17) is 0 Å². The normalized spacial score (nSPS) is 13.0. The molecule has 0 aliphatic heterocycles. The zero-order chi connectivity index (χ0) is 16.5. The van der Waals surface area contributed by atoms with Crippen molar-refractivity contribution in [3.05, 3.63) is 66.0 Å². The van der Waals surface area contributed by atoms with Gasteiger partial charge in [0.25, 0.3) is 0 Å². The third-order valence-corrected chi connectivity index (χ3v) is 3.79. The second-order valence-corrected chi connectivity index (χ2v) is 6.59. The summed E-state index contributed by atoms with van der Waals surface area (Å²) in [5, 5.41) is 14.9. The zero-order valence-electron chi connectivity index (χ0n) is 13.8. The van der Waals surface area contributed by atoms with Crippen molar-refractivity contribution in [3.8, 4) is 0 Å². The second kappa shape index (κ2) is 5.93. The number of aromatic nitrogens is 2. The fourth-order valence-electron chi connectivity index (χ4n) is 2.41. The first-order valence-electron chi connectivity index (χ1n) is 7.40. The minimum atomic E-state index is -0.806. The molecule has 0 fully saturated rings. The van der Waals surface area contributed by atoms with Gasteiger partial charge in [-0.2, -0.15) is 5.10 Å². The smallest absolute Gasteiger partial charge is 0.121 e. The average Bonchev–Trinajstić information content (AvgIpc) is 2.86. The van der Waals surface area contributed by atoms with Crippen LogP contribution in [0, 0.1) is 6.92 Å². The first-order valence-corrected chi connectivity index (χ1v) is 7.40. The molecule has 2 aromatic rings. The van der Waals surface area contributed by atoms with Gasteiger partial charge >= 0.3 is 0 Å². The van der Waals surface area contributed by atoms with Crippen LogP contribution in [0.2, 0.25) is 0 Å². The lowest BCUT2D eigenvalue weighted by atomic mass is 9.86. The molecular formula is C19H24N2O. The van der Waals surface area contributed by atoms with E-state index >= 15 is 0 Å². The SMILES string of the molecule is C=Cn1nc(C)cc1C(O)C(=C)c1ccc(C(C)(C)C)cc1. The second-order valence-electron chi connectivity index (χ2n) is 6.59.